The van der Waals surface area contributed by atoms with E-state index in [0.29, 0.717) is 5.69 Å². The Balaban J connectivity index is 2.31. The summed E-state index contributed by atoms with van der Waals surface area (Å²) in [6, 6.07) is 3.15. The molecular weight excluding hydrogens is 218 g/mol. The molecule has 0 aliphatic heterocycles. The van der Waals surface area contributed by atoms with Crippen LogP contribution in [0.5, 0.6) is 0 Å². The lowest BCUT2D eigenvalue weighted by Crippen LogP contribution is -2.37. The van der Waals surface area contributed by atoms with Gasteiger partial charge in [0, 0.05) is 12.7 Å². The lowest BCUT2D eigenvalue weighted by Gasteiger charge is -2.17. The van der Waals surface area contributed by atoms with Crippen molar-refractivity contribution in [1.82, 2.24) is 10.3 Å². The van der Waals surface area contributed by atoms with Gasteiger partial charge in [0.25, 0.3) is 0 Å². The van der Waals surface area contributed by atoms with E-state index in [0.717, 1.165) is 6.42 Å². The molecule has 1 aromatic heterocycles. The fourth-order valence-electron chi connectivity index (χ4n) is 1.28. The van der Waals surface area contributed by atoms with E-state index in [-0.39, 0.29) is 18.5 Å². The number of urea groups is 1. The van der Waals surface area contributed by atoms with Gasteiger partial charge in [-0.2, -0.15) is 0 Å². The van der Waals surface area contributed by atoms with Gasteiger partial charge in [0.05, 0.1) is 18.0 Å². The Morgan fingerprint density at radius 3 is 2.94 bits per heavy atom. The molecule has 3 N–H and O–H groups in total. The quantitative estimate of drug-likeness (QED) is 0.728. The molecule has 1 aromatic rings. The van der Waals surface area contributed by atoms with Crippen LogP contribution in [0.4, 0.5) is 10.5 Å². The van der Waals surface area contributed by atoms with Crippen LogP contribution < -0.4 is 10.6 Å². The molecule has 5 heteroatoms. The first-order valence-electron chi connectivity index (χ1n) is 5.76. The molecule has 0 unspecified atom stereocenters. The van der Waals surface area contributed by atoms with Crippen LogP contribution in [0.2, 0.25) is 0 Å². The number of nitrogens with one attached hydrogen (secondary N) is 2. The predicted octanol–water partition coefficient (Wildman–Crippen LogP) is 1.61. The molecule has 0 aromatic carbocycles. The standard InChI is InChI=1S/C12H19N3O2/c1-3-9(2)11(16)8-14-12(17)15-10-5-4-6-13-7-10/h4-7,9,11,16H,3,8H2,1-2H3,(H2,14,15,17)/t9-,11-/m0/s1. The Bertz CT molecular complexity index is 343. The van der Waals surface area contributed by atoms with Crippen LogP contribution in [0, 0.1) is 5.92 Å². The number of aliphatic hydroxyl groups is 1. The molecule has 1 rings (SSSR count). The number of rotatable bonds is 5. The largest absolute Gasteiger partial charge is 0.391 e. The van der Waals surface area contributed by atoms with Crippen LogP contribution >= 0.6 is 0 Å². The number of carbonyl (C=O) groups is 1. The molecule has 1 heterocycles. The van der Waals surface area contributed by atoms with E-state index in [9.17, 15) is 9.90 Å². The average molecular weight is 237 g/mol. The third-order valence-electron chi connectivity index (χ3n) is 2.69. The van der Waals surface area contributed by atoms with E-state index in [4.69, 9.17) is 0 Å². The highest BCUT2D eigenvalue weighted by Crippen LogP contribution is 2.06. The molecular formula is C12H19N3O2. The highest BCUT2D eigenvalue weighted by molar-refractivity contribution is 5.88. The maximum Gasteiger partial charge on any atom is 0.319 e. The van der Waals surface area contributed by atoms with Crippen molar-refractivity contribution >= 4 is 11.7 Å². The minimum atomic E-state index is -0.514. The minimum absolute atomic E-state index is 0.175. The predicted molar refractivity (Wildman–Crippen MR) is 66.7 cm³/mol. The molecule has 5 nitrogen and oxygen atoms in total. The van der Waals surface area contributed by atoms with E-state index < -0.39 is 6.10 Å². The fourth-order valence-corrected chi connectivity index (χ4v) is 1.28. The third kappa shape index (κ3) is 4.82. The van der Waals surface area contributed by atoms with Gasteiger partial charge in [-0.1, -0.05) is 20.3 Å². The second-order valence-electron chi connectivity index (χ2n) is 4.03. The summed E-state index contributed by atoms with van der Waals surface area (Å²) in [4.78, 5) is 15.3. The number of aliphatic hydroxyl groups excluding tert-OH is 1. The van der Waals surface area contributed by atoms with E-state index in [1.54, 1.807) is 24.5 Å². The summed E-state index contributed by atoms with van der Waals surface area (Å²) in [6.07, 6.45) is 3.56. The number of hydrogen-bond donors (Lipinski definition) is 3. The number of aromatic nitrogens is 1. The van der Waals surface area contributed by atoms with Crippen LogP contribution in [0.15, 0.2) is 24.5 Å². The van der Waals surface area contributed by atoms with Gasteiger partial charge < -0.3 is 15.7 Å². The van der Waals surface area contributed by atoms with E-state index in [2.05, 4.69) is 15.6 Å². The van der Waals surface area contributed by atoms with Crippen molar-refractivity contribution in [1.29, 1.82) is 0 Å². The zero-order valence-electron chi connectivity index (χ0n) is 10.2. The van der Waals surface area contributed by atoms with Crippen molar-refractivity contribution in [2.75, 3.05) is 11.9 Å². The molecule has 0 fully saturated rings. The van der Waals surface area contributed by atoms with Gasteiger partial charge in [-0.25, -0.2) is 4.79 Å². The molecule has 2 amide bonds. The molecule has 0 spiro atoms. The van der Waals surface area contributed by atoms with Crippen LogP contribution in [0.1, 0.15) is 20.3 Å². The molecule has 0 aliphatic rings. The zero-order chi connectivity index (χ0) is 12.7. The van der Waals surface area contributed by atoms with Crippen molar-refractivity contribution < 1.29 is 9.90 Å². The first kappa shape index (κ1) is 13.4. The maximum atomic E-state index is 11.5. The van der Waals surface area contributed by atoms with E-state index in [1.807, 2.05) is 13.8 Å². The fraction of sp³-hybridized carbons (Fsp3) is 0.500. The molecule has 0 radical (unpaired) electrons. The second-order valence-corrected chi connectivity index (χ2v) is 4.03. The lowest BCUT2D eigenvalue weighted by molar-refractivity contribution is 0.115. The highest BCUT2D eigenvalue weighted by atomic mass is 16.3. The summed E-state index contributed by atoms with van der Waals surface area (Å²) in [5.41, 5.74) is 0.628. The lowest BCUT2D eigenvalue weighted by atomic mass is 10.0. The van der Waals surface area contributed by atoms with Gasteiger partial charge in [-0.3, -0.25) is 4.98 Å². The Morgan fingerprint density at radius 2 is 2.35 bits per heavy atom. The maximum absolute atomic E-state index is 11.5. The average Bonchev–Trinajstić information content (AvgIpc) is 2.36. The number of hydrogen-bond acceptors (Lipinski definition) is 3. The molecule has 0 aliphatic carbocycles. The van der Waals surface area contributed by atoms with Crippen molar-refractivity contribution in [2.24, 2.45) is 5.92 Å². The van der Waals surface area contributed by atoms with Crippen molar-refractivity contribution in [3.05, 3.63) is 24.5 Å². The van der Waals surface area contributed by atoms with Gasteiger partial charge >= 0.3 is 6.03 Å². The third-order valence-corrected chi connectivity index (χ3v) is 2.69. The Morgan fingerprint density at radius 1 is 1.59 bits per heavy atom. The highest BCUT2D eigenvalue weighted by Gasteiger charge is 2.13. The minimum Gasteiger partial charge on any atom is -0.391 e. The number of nitrogens with zero attached hydrogens (tertiary/aromatic N) is 1. The van der Waals surface area contributed by atoms with Gasteiger partial charge in [0.2, 0.25) is 0 Å². The van der Waals surface area contributed by atoms with Crippen molar-refractivity contribution in [2.45, 2.75) is 26.4 Å². The number of pyridine rings is 1. The van der Waals surface area contributed by atoms with Crippen LogP contribution in [-0.2, 0) is 0 Å². The Hall–Kier alpha value is -1.62. The second kappa shape index (κ2) is 6.85. The first-order chi connectivity index (χ1) is 8.13. The van der Waals surface area contributed by atoms with Gasteiger partial charge in [-0.05, 0) is 18.1 Å². The smallest absolute Gasteiger partial charge is 0.319 e. The number of anilines is 1. The van der Waals surface area contributed by atoms with Crippen molar-refractivity contribution in [3.63, 3.8) is 0 Å². The molecule has 0 saturated carbocycles. The summed E-state index contributed by atoms with van der Waals surface area (Å²) in [7, 11) is 0. The zero-order valence-corrected chi connectivity index (χ0v) is 10.2. The van der Waals surface area contributed by atoms with Crippen LogP contribution in [-0.4, -0.2) is 28.8 Å². The Kier molecular flexibility index (Phi) is 5.42. The summed E-state index contributed by atoms with van der Waals surface area (Å²) in [5, 5.41) is 14.9. The van der Waals surface area contributed by atoms with Gasteiger partial charge in [0.1, 0.15) is 0 Å². The molecule has 2 atom stereocenters. The summed E-state index contributed by atoms with van der Waals surface area (Å²) in [6.45, 7) is 4.20. The van der Waals surface area contributed by atoms with Crippen molar-refractivity contribution in [3.8, 4) is 0 Å². The summed E-state index contributed by atoms with van der Waals surface area (Å²) < 4.78 is 0. The van der Waals surface area contributed by atoms with Gasteiger partial charge in [-0.15, -0.1) is 0 Å². The molecule has 17 heavy (non-hydrogen) atoms. The van der Waals surface area contributed by atoms with E-state index in [1.165, 1.54) is 0 Å². The van der Waals surface area contributed by atoms with E-state index >= 15 is 0 Å². The summed E-state index contributed by atoms with van der Waals surface area (Å²) in [5.74, 6) is 0.175. The number of amides is 2. The van der Waals surface area contributed by atoms with Gasteiger partial charge in [0.15, 0.2) is 0 Å². The van der Waals surface area contributed by atoms with Crippen LogP contribution in [0.3, 0.4) is 0 Å². The van der Waals surface area contributed by atoms with Crippen LogP contribution in [0.25, 0.3) is 0 Å². The summed E-state index contributed by atoms with van der Waals surface area (Å²) >= 11 is 0. The number of carbonyl (C=O) groups excluding carboxylic acids is 1. The molecule has 0 saturated heterocycles. The first-order valence-corrected chi connectivity index (χ1v) is 5.76. The SMILES string of the molecule is CC[C@H](C)[C@@H](O)CNC(=O)Nc1cccnc1. The molecule has 94 valence electrons. The Labute approximate surface area is 101 Å². The topological polar surface area (TPSA) is 74.2 Å². The normalized spacial score (nSPS) is 13.8. The molecule has 0 bridgehead atoms. The monoisotopic (exact) mass is 237 g/mol.